The lowest BCUT2D eigenvalue weighted by molar-refractivity contribution is -0.119. The summed E-state index contributed by atoms with van der Waals surface area (Å²) >= 11 is 0. The normalized spacial score (nSPS) is 10.1. The lowest BCUT2D eigenvalue weighted by Crippen LogP contribution is -2.22. The van der Waals surface area contributed by atoms with Crippen LogP contribution in [0.15, 0.2) is 78.9 Å². The number of esters is 1. The largest absolute Gasteiger partial charge is 0.452 e. The standard InChI is InChI=1S/C23H19N3O5/c24-23(30)25-17-10-6-9-16(13-17)22(29)31-14-20(27)26-19-12-5-4-11-18(19)21(28)15-7-2-1-3-8-15/h1-13H,14H2,(H,26,27)(H3,24,25,30). The zero-order valence-electron chi connectivity index (χ0n) is 16.3. The summed E-state index contributed by atoms with van der Waals surface area (Å²) in [5, 5.41) is 4.94. The van der Waals surface area contributed by atoms with Crippen molar-refractivity contribution in [1.29, 1.82) is 0 Å². The summed E-state index contributed by atoms with van der Waals surface area (Å²) in [6.45, 7) is -0.555. The highest BCUT2D eigenvalue weighted by Crippen LogP contribution is 2.19. The predicted octanol–water partition coefficient (Wildman–Crippen LogP) is 3.20. The number of urea groups is 1. The van der Waals surface area contributed by atoms with Gasteiger partial charge in [0.25, 0.3) is 5.91 Å². The minimum absolute atomic E-state index is 0.138. The Bertz CT molecular complexity index is 1130. The fourth-order valence-electron chi connectivity index (χ4n) is 2.80. The summed E-state index contributed by atoms with van der Waals surface area (Å²) in [5.74, 6) is -1.60. The number of ether oxygens (including phenoxy) is 1. The molecule has 0 bridgehead atoms. The van der Waals surface area contributed by atoms with Crippen molar-refractivity contribution in [3.8, 4) is 0 Å². The van der Waals surface area contributed by atoms with E-state index in [2.05, 4.69) is 10.6 Å². The topological polar surface area (TPSA) is 128 Å². The quantitative estimate of drug-likeness (QED) is 0.402. The molecule has 0 atom stereocenters. The Labute approximate surface area is 178 Å². The molecular weight excluding hydrogens is 398 g/mol. The summed E-state index contributed by atoms with van der Waals surface area (Å²) in [6.07, 6.45) is 0. The average Bonchev–Trinajstić information content (AvgIpc) is 2.77. The maximum absolute atomic E-state index is 12.7. The highest BCUT2D eigenvalue weighted by molar-refractivity contribution is 6.14. The molecule has 3 aromatic carbocycles. The Morgan fingerprint density at radius 1 is 0.774 bits per heavy atom. The van der Waals surface area contributed by atoms with Crippen molar-refractivity contribution in [3.63, 3.8) is 0 Å². The molecule has 0 fully saturated rings. The second-order valence-electron chi connectivity index (χ2n) is 6.44. The summed E-state index contributed by atoms with van der Waals surface area (Å²) in [5.41, 5.74) is 6.62. The maximum Gasteiger partial charge on any atom is 0.338 e. The number of amides is 3. The Morgan fingerprint density at radius 3 is 2.19 bits per heavy atom. The van der Waals surface area contributed by atoms with E-state index in [4.69, 9.17) is 10.5 Å². The average molecular weight is 417 g/mol. The Balaban J connectivity index is 1.64. The first kappa shape index (κ1) is 21.3. The summed E-state index contributed by atoms with van der Waals surface area (Å²) < 4.78 is 5.03. The van der Waals surface area contributed by atoms with Crippen LogP contribution in [-0.2, 0) is 9.53 Å². The van der Waals surface area contributed by atoms with Crippen LogP contribution in [0, 0.1) is 0 Å². The number of nitrogens with one attached hydrogen (secondary N) is 2. The molecule has 8 heteroatoms. The van der Waals surface area contributed by atoms with Crippen LogP contribution in [0.1, 0.15) is 26.3 Å². The number of anilines is 2. The summed E-state index contributed by atoms with van der Waals surface area (Å²) in [7, 11) is 0. The smallest absolute Gasteiger partial charge is 0.338 e. The fourth-order valence-corrected chi connectivity index (χ4v) is 2.80. The molecule has 0 aliphatic heterocycles. The lowest BCUT2D eigenvalue weighted by Gasteiger charge is -2.11. The number of nitrogens with two attached hydrogens (primary N) is 1. The van der Waals surface area contributed by atoms with E-state index in [0.29, 0.717) is 22.5 Å². The van der Waals surface area contributed by atoms with Crippen molar-refractivity contribution in [2.45, 2.75) is 0 Å². The second kappa shape index (κ2) is 9.84. The third-order valence-corrected chi connectivity index (χ3v) is 4.18. The molecule has 8 nitrogen and oxygen atoms in total. The van der Waals surface area contributed by atoms with Gasteiger partial charge in [0.05, 0.1) is 11.3 Å². The van der Waals surface area contributed by atoms with Gasteiger partial charge in [-0.1, -0.05) is 48.5 Å². The number of hydrogen-bond acceptors (Lipinski definition) is 5. The number of carbonyl (C=O) groups excluding carboxylic acids is 4. The summed E-state index contributed by atoms with van der Waals surface area (Å²) in [4.78, 5) is 48.2. The van der Waals surface area contributed by atoms with Gasteiger partial charge in [0.2, 0.25) is 0 Å². The van der Waals surface area contributed by atoms with Crippen molar-refractivity contribution in [2.75, 3.05) is 17.2 Å². The van der Waals surface area contributed by atoms with Gasteiger partial charge in [-0.05, 0) is 30.3 Å². The minimum Gasteiger partial charge on any atom is -0.452 e. The molecule has 0 heterocycles. The first-order valence-corrected chi connectivity index (χ1v) is 9.26. The number of carbonyl (C=O) groups is 4. The monoisotopic (exact) mass is 417 g/mol. The van der Waals surface area contributed by atoms with E-state index >= 15 is 0 Å². The predicted molar refractivity (Wildman–Crippen MR) is 115 cm³/mol. The van der Waals surface area contributed by atoms with Gasteiger partial charge < -0.3 is 21.1 Å². The van der Waals surface area contributed by atoms with Crippen LogP contribution in [0.3, 0.4) is 0 Å². The molecule has 0 saturated carbocycles. The van der Waals surface area contributed by atoms with Crippen LogP contribution in [0.25, 0.3) is 0 Å². The first-order valence-electron chi connectivity index (χ1n) is 9.26. The van der Waals surface area contributed by atoms with Crippen LogP contribution in [0.5, 0.6) is 0 Å². The Kier molecular flexibility index (Phi) is 6.74. The Morgan fingerprint density at radius 2 is 1.45 bits per heavy atom. The van der Waals surface area contributed by atoms with E-state index < -0.39 is 24.5 Å². The maximum atomic E-state index is 12.7. The van der Waals surface area contributed by atoms with Crippen LogP contribution in [0.2, 0.25) is 0 Å². The molecule has 4 N–H and O–H groups in total. The van der Waals surface area contributed by atoms with E-state index in [1.54, 1.807) is 60.7 Å². The lowest BCUT2D eigenvalue weighted by atomic mass is 10.0. The van der Waals surface area contributed by atoms with E-state index in [9.17, 15) is 19.2 Å². The van der Waals surface area contributed by atoms with Gasteiger partial charge in [-0.2, -0.15) is 0 Å². The van der Waals surface area contributed by atoms with Gasteiger partial charge >= 0.3 is 12.0 Å². The molecule has 3 amide bonds. The van der Waals surface area contributed by atoms with E-state index in [0.717, 1.165) is 0 Å². The molecule has 31 heavy (non-hydrogen) atoms. The number of rotatable bonds is 7. The van der Waals surface area contributed by atoms with Crippen LogP contribution in [0.4, 0.5) is 16.2 Å². The van der Waals surface area contributed by atoms with Gasteiger partial charge in [0.15, 0.2) is 12.4 Å². The molecule has 0 aromatic heterocycles. The van der Waals surface area contributed by atoms with Gasteiger partial charge in [0, 0.05) is 16.8 Å². The molecule has 0 saturated heterocycles. The zero-order chi connectivity index (χ0) is 22.2. The minimum atomic E-state index is -0.770. The van der Waals surface area contributed by atoms with Crippen LogP contribution >= 0.6 is 0 Å². The molecule has 3 aromatic rings. The SMILES string of the molecule is NC(=O)Nc1cccc(C(=O)OCC(=O)Nc2ccccc2C(=O)c2ccccc2)c1. The molecule has 0 unspecified atom stereocenters. The van der Waals surface area contributed by atoms with Gasteiger partial charge in [-0.15, -0.1) is 0 Å². The fraction of sp³-hybridized carbons (Fsp3) is 0.0435. The van der Waals surface area contributed by atoms with Gasteiger partial charge in [-0.3, -0.25) is 9.59 Å². The van der Waals surface area contributed by atoms with Crippen molar-refractivity contribution < 1.29 is 23.9 Å². The molecule has 0 aliphatic rings. The molecule has 3 rings (SSSR count). The molecule has 0 radical (unpaired) electrons. The van der Waals surface area contributed by atoms with E-state index in [1.807, 2.05) is 0 Å². The first-order chi connectivity index (χ1) is 14.9. The number of primary amides is 1. The highest BCUT2D eigenvalue weighted by Gasteiger charge is 2.16. The van der Waals surface area contributed by atoms with E-state index in [1.165, 1.54) is 18.2 Å². The van der Waals surface area contributed by atoms with Crippen molar-refractivity contribution in [2.24, 2.45) is 5.73 Å². The molecular formula is C23H19N3O5. The number of ketones is 1. The van der Waals surface area contributed by atoms with Crippen molar-refractivity contribution in [1.82, 2.24) is 0 Å². The third kappa shape index (κ3) is 5.77. The van der Waals surface area contributed by atoms with E-state index in [-0.39, 0.29) is 11.3 Å². The number of hydrogen-bond donors (Lipinski definition) is 3. The third-order valence-electron chi connectivity index (χ3n) is 4.18. The van der Waals surface area contributed by atoms with Crippen LogP contribution in [-0.4, -0.2) is 30.3 Å². The highest BCUT2D eigenvalue weighted by atomic mass is 16.5. The molecule has 0 spiro atoms. The summed E-state index contributed by atoms with van der Waals surface area (Å²) in [6, 6.07) is 20.4. The Hall–Kier alpha value is -4.46. The van der Waals surface area contributed by atoms with Crippen LogP contribution < -0.4 is 16.4 Å². The van der Waals surface area contributed by atoms with Crippen molar-refractivity contribution >= 4 is 35.1 Å². The number of para-hydroxylation sites is 1. The second-order valence-corrected chi connectivity index (χ2v) is 6.44. The van der Waals surface area contributed by atoms with Gasteiger partial charge in [0.1, 0.15) is 0 Å². The van der Waals surface area contributed by atoms with Crippen molar-refractivity contribution in [3.05, 3.63) is 95.6 Å². The zero-order valence-corrected chi connectivity index (χ0v) is 16.3. The molecule has 0 aliphatic carbocycles. The van der Waals surface area contributed by atoms with Gasteiger partial charge in [-0.25, -0.2) is 9.59 Å². The molecule has 156 valence electrons. The number of benzene rings is 3.